The Morgan fingerprint density at radius 1 is 1.22 bits per heavy atom. The Balaban J connectivity index is 1.73. The lowest BCUT2D eigenvalue weighted by molar-refractivity contribution is 0.0948. The molecule has 2 N–H and O–H groups in total. The molecule has 0 unspecified atom stereocenters. The quantitative estimate of drug-likeness (QED) is 0.878. The number of carbonyl (C=O) groups is 1. The number of hydrogen-bond acceptors (Lipinski definition) is 4. The van der Waals surface area contributed by atoms with Crippen molar-refractivity contribution < 1.29 is 13.2 Å². The zero-order valence-electron chi connectivity index (χ0n) is 12.5. The smallest absolute Gasteiger partial charge is 0.252 e. The van der Waals surface area contributed by atoms with Crippen molar-refractivity contribution in [2.75, 3.05) is 18.1 Å². The van der Waals surface area contributed by atoms with Crippen LogP contribution >= 0.6 is 0 Å². The number of para-hydroxylation sites is 1. The lowest BCUT2D eigenvalue weighted by Crippen LogP contribution is -2.34. The predicted molar refractivity (Wildman–Crippen MR) is 88.3 cm³/mol. The highest BCUT2D eigenvalue weighted by Crippen LogP contribution is 2.19. The Hall–Kier alpha value is -2.15. The molecule has 23 heavy (non-hydrogen) atoms. The monoisotopic (exact) mass is 334 g/mol. The zero-order valence-corrected chi connectivity index (χ0v) is 13.4. The SMILES string of the molecule is O=C(NCC1CCS(=O)(=O)CC1)c1cc(=O)[nH]c2ccccc12. The molecule has 1 fully saturated rings. The first-order valence-corrected chi connectivity index (χ1v) is 9.37. The molecule has 122 valence electrons. The predicted octanol–water partition coefficient (Wildman–Crippen LogP) is 1.08. The summed E-state index contributed by atoms with van der Waals surface area (Å²) >= 11 is 0. The molecule has 0 saturated carbocycles. The highest BCUT2D eigenvalue weighted by atomic mass is 32.2. The minimum absolute atomic E-state index is 0.163. The number of fused-ring (bicyclic) bond motifs is 1. The number of aromatic amines is 1. The van der Waals surface area contributed by atoms with Crippen LogP contribution in [-0.4, -0.2) is 37.4 Å². The maximum atomic E-state index is 12.4. The molecular weight excluding hydrogens is 316 g/mol. The van der Waals surface area contributed by atoms with Crippen LogP contribution < -0.4 is 10.9 Å². The number of sulfone groups is 1. The van der Waals surface area contributed by atoms with Crippen molar-refractivity contribution in [3.8, 4) is 0 Å². The van der Waals surface area contributed by atoms with E-state index >= 15 is 0 Å². The summed E-state index contributed by atoms with van der Waals surface area (Å²) in [6.07, 6.45) is 1.14. The number of pyridine rings is 1. The fourth-order valence-corrected chi connectivity index (χ4v) is 4.46. The summed E-state index contributed by atoms with van der Waals surface area (Å²) in [7, 11) is -2.90. The Morgan fingerprint density at radius 2 is 1.91 bits per heavy atom. The van der Waals surface area contributed by atoms with Crippen LogP contribution in [0, 0.1) is 5.92 Å². The maximum absolute atomic E-state index is 12.4. The first-order valence-electron chi connectivity index (χ1n) is 7.55. The third-order valence-electron chi connectivity index (χ3n) is 4.22. The fourth-order valence-electron chi connectivity index (χ4n) is 2.87. The molecule has 0 radical (unpaired) electrons. The summed E-state index contributed by atoms with van der Waals surface area (Å²) in [5.41, 5.74) is 0.638. The molecule has 1 amide bonds. The second kappa shape index (κ2) is 6.16. The maximum Gasteiger partial charge on any atom is 0.252 e. The second-order valence-electron chi connectivity index (χ2n) is 5.90. The van der Waals surface area contributed by atoms with Crippen LogP contribution in [0.1, 0.15) is 23.2 Å². The second-order valence-corrected chi connectivity index (χ2v) is 8.20. The molecule has 3 rings (SSSR count). The van der Waals surface area contributed by atoms with E-state index in [0.29, 0.717) is 35.9 Å². The van der Waals surface area contributed by atoms with Gasteiger partial charge in [-0.05, 0) is 24.8 Å². The average molecular weight is 334 g/mol. The number of hydrogen-bond donors (Lipinski definition) is 2. The van der Waals surface area contributed by atoms with Crippen LogP contribution in [0.3, 0.4) is 0 Å². The van der Waals surface area contributed by atoms with Crippen molar-refractivity contribution in [1.29, 1.82) is 0 Å². The highest BCUT2D eigenvalue weighted by molar-refractivity contribution is 7.91. The van der Waals surface area contributed by atoms with Gasteiger partial charge in [0.25, 0.3) is 5.91 Å². The molecule has 7 heteroatoms. The summed E-state index contributed by atoms with van der Waals surface area (Å²) in [4.78, 5) is 26.8. The van der Waals surface area contributed by atoms with Crippen molar-refractivity contribution in [3.05, 3.63) is 46.2 Å². The van der Waals surface area contributed by atoms with E-state index in [2.05, 4.69) is 10.3 Å². The normalized spacial score (nSPS) is 17.9. The van der Waals surface area contributed by atoms with E-state index in [9.17, 15) is 18.0 Å². The van der Waals surface area contributed by atoms with E-state index in [1.54, 1.807) is 18.2 Å². The van der Waals surface area contributed by atoms with Gasteiger partial charge in [0.15, 0.2) is 0 Å². The van der Waals surface area contributed by atoms with Crippen LogP contribution in [0.5, 0.6) is 0 Å². The van der Waals surface area contributed by atoms with Crippen LogP contribution in [0.25, 0.3) is 10.9 Å². The summed E-state index contributed by atoms with van der Waals surface area (Å²) < 4.78 is 22.8. The summed E-state index contributed by atoms with van der Waals surface area (Å²) in [5.74, 6) is 0.222. The molecular formula is C16H18N2O4S. The number of nitrogens with one attached hydrogen (secondary N) is 2. The van der Waals surface area contributed by atoms with Crippen molar-refractivity contribution >= 4 is 26.6 Å². The summed E-state index contributed by atoms with van der Waals surface area (Å²) in [5, 5.41) is 3.52. The average Bonchev–Trinajstić information content (AvgIpc) is 2.52. The third-order valence-corrected chi connectivity index (χ3v) is 5.94. The fraction of sp³-hybridized carbons (Fsp3) is 0.375. The van der Waals surface area contributed by atoms with Crippen molar-refractivity contribution in [3.63, 3.8) is 0 Å². The lowest BCUT2D eigenvalue weighted by atomic mass is 10.0. The largest absolute Gasteiger partial charge is 0.352 e. The Kier molecular flexibility index (Phi) is 4.21. The molecule has 0 bridgehead atoms. The van der Waals surface area contributed by atoms with Gasteiger partial charge in [0.05, 0.1) is 17.1 Å². The Labute approximate surface area is 133 Å². The van der Waals surface area contributed by atoms with Gasteiger partial charge in [-0.3, -0.25) is 9.59 Å². The van der Waals surface area contributed by atoms with Gasteiger partial charge in [0, 0.05) is 23.5 Å². The Morgan fingerprint density at radius 3 is 2.65 bits per heavy atom. The van der Waals surface area contributed by atoms with Gasteiger partial charge in [-0.2, -0.15) is 0 Å². The number of rotatable bonds is 3. The van der Waals surface area contributed by atoms with E-state index in [4.69, 9.17) is 0 Å². The summed E-state index contributed by atoms with van der Waals surface area (Å²) in [6, 6.07) is 8.43. The molecule has 1 aromatic carbocycles. The molecule has 2 aromatic rings. The Bertz CT molecular complexity index is 888. The first-order chi connectivity index (χ1) is 10.9. The highest BCUT2D eigenvalue weighted by Gasteiger charge is 2.24. The topological polar surface area (TPSA) is 96.1 Å². The van der Waals surface area contributed by atoms with Gasteiger partial charge < -0.3 is 10.3 Å². The standard InChI is InChI=1S/C16H18N2O4S/c19-15-9-13(12-3-1-2-4-14(12)18-15)16(20)17-10-11-5-7-23(21,22)8-6-11/h1-4,9,11H,5-8,10H2,(H,17,20)(H,18,19). The van der Waals surface area contributed by atoms with E-state index in [-0.39, 0.29) is 28.9 Å². The van der Waals surface area contributed by atoms with Crippen molar-refractivity contribution in [2.24, 2.45) is 5.92 Å². The zero-order chi connectivity index (χ0) is 16.4. The molecule has 1 saturated heterocycles. The van der Waals surface area contributed by atoms with Gasteiger partial charge >= 0.3 is 0 Å². The number of amides is 1. The molecule has 0 atom stereocenters. The van der Waals surface area contributed by atoms with E-state index in [1.165, 1.54) is 6.07 Å². The molecule has 2 heterocycles. The molecule has 0 aliphatic carbocycles. The first kappa shape index (κ1) is 15.7. The van der Waals surface area contributed by atoms with E-state index in [1.807, 2.05) is 6.07 Å². The van der Waals surface area contributed by atoms with Crippen molar-refractivity contribution in [1.82, 2.24) is 10.3 Å². The van der Waals surface area contributed by atoms with Gasteiger partial charge in [0.1, 0.15) is 9.84 Å². The molecule has 1 aliphatic rings. The molecule has 1 aliphatic heterocycles. The number of aromatic nitrogens is 1. The number of H-pyrrole nitrogens is 1. The van der Waals surface area contributed by atoms with E-state index in [0.717, 1.165) is 0 Å². The van der Waals surface area contributed by atoms with Crippen LogP contribution in [-0.2, 0) is 9.84 Å². The van der Waals surface area contributed by atoms with Crippen LogP contribution in [0.4, 0.5) is 0 Å². The van der Waals surface area contributed by atoms with Gasteiger partial charge in [-0.1, -0.05) is 18.2 Å². The molecule has 1 aromatic heterocycles. The number of benzene rings is 1. The molecule has 6 nitrogen and oxygen atoms in total. The van der Waals surface area contributed by atoms with Gasteiger partial charge in [0.2, 0.25) is 5.56 Å². The minimum Gasteiger partial charge on any atom is -0.352 e. The lowest BCUT2D eigenvalue weighted by Gasteiger charge is -2.22. The van der Waals surface area contributed by atoms with Gasteiger partial charge in [-0.25, -0.2) is 8.42 Å². The van der Waals surface area contributed by atoms with Crippen LogP contribution in [0.15, 0.2) is 35.1 Å². The number of carbonyl (C=O) groups excluding carboxylic acids is 1. The van der Waals surface area contributed by atoms with Crippen LogP contribution in [0.2, 0.25) is 0 Å². The van der Waals surface area contributed by atoms with Gasteiger partial charge in [-0.15, -0.1) is 0 Å². The summed E-state index contributed by atoms with van der Waals surface area (Å²) in [6.45, 7) is 0.426. The third kappa shape index (κ3) is 3.61. The van der Waals surface area contributed by atoms with Crippen molar-refractivity contribution in [2.45, 2.75) is 12.8 Å². The molecule has 0 spiro atoms. The van der Waals surface area contributed by atoms with E-state index < -0.39 is 9.84 Å². The minimum atomic E-state index is -2.90.